The fourth-order valence-electron chi connectivity index (χ4n) is 2.78. The van der Waals surface area contributed by atoms with Crippen LogP contribution in [-0.2, 0) is 20.9 Å². The fraction of sp³-hybridized carbons (Fsp3) is 0.350. The zero-order valence-electron chi connectivity index (χ0n) is 15.7. The summed E-state index contributed by atoms with van der Waals surface area (Å²) in [7, 11) is 0. The number of fused-ring (bicyclic) bond motifs is 1. The van der Waals surface area contributed by atoms with Gasteiger partial charge in [-0.15, -0.1) is 11.3 Å². The largest absolute Gasteiger partial charge is 0.456 e. The highest BCUT2D eigenvalue weighted by molar-refractivity contribution is 7.12. The second-order valence-electron chi connectivity index (χ2n) is 6.38. The molecule has 0 fully saturated rings. The Morgan fingerprint density at radius 3 is 2.64 bits per heavy atom. The molecule has 1 aromatic carbocycles. The number of ketones is 1. The van der Waals surface area contributed by atoms with Gasteiger partial charge in [-0.2, -0.15) is 0 Å². The lowest BCUT2D eigenvalue weighted by Gasteiger charge is -2.07. The number of rotatable bonds is 8. The summed E-state index contributed by atoms with van der Waals surface area (Å²) in [6.45, 7) is 3.91. The van der Waals surface area contributed by atoms with Crippen LogP contribution in [0.15, 0.2) is 24.3 Å². The lowest BCUT2D eigenvalue weighted by Crippen LogP contribution is -2.28. The van der Waals surface area contributed by atoms with Crippen molar-refractivity contribution in [1.29, 1.82) is 0 Å². The van der Waals surface area contributed by atoms with Crippen molar-refractivity contribution in [3.8, 4) is 11.5 Å². The van der Waals surface area contributed by atoms with Crippen LogP contribution in [0.4, 0.5) is 0 Å². The number of hydrogen-bond acceptors (Lipinski definition) is 7. The minimum Gasteiger partial charge on any atom is -0.456 e. The van der Waals surface area contributed by atoms with E-state index in [0.29, 0.717) is 17.1 Å². The molecule has 0 saturated heterocycles. The van der Waals surface area contributed by atoms with Gasteiger partial charge in [0.25, 0.3) is 5.91 Å². The maximum Gasteiger partial charge on any atom is 0.306 e. The Morgan fingerprint density at radius 1 is 1.11 bits per heavy atom. The summed E-state index contributed by atoms with van der Waals surface area (Å²) in [5, 5.41) is 2.67. The number of esters is 1. The van der Waals surface area contributed by atoms with Crippen molar-refractivity contribution in [1.82, 2.24) is 5.32 Å². The number of thiophene rings is 1. The first-order chi connectivity index (χ1) is 13.4. The maximum atomic E-state index is 12.2. The third kappa shape index (κ3) is 5.10. The van der Waals surface area contributed by atoms with Crippen LogP contribution < -0.4 is 14.8 Å². The average molecular weight is 403 g/mol. The number of aryl methyl sites for hydroxylation is 2. The van der Waals surface area contributed by atoms with E-state index < -0.39 is 11.9 Å². The summed E-state index contributed by atoms with van der Waals surface area (Å²) in [5.41, 5.74) is 1.49. The third-order valence-corrected chi connectivity index (χ3v) is 5.15. The molecule has 0 saturated carbocycles. The Balaban J connectivity index is 1.36. The van der Waals surface area contributed by atoms with Crippen molar-refractivity contribution < 1.29 is 28.6 Å². The number of amides is 1. The van der Waals surface area contributed by atoms with Crippen molar-refractivity contribution in [2.75, 3.05) is 13.4 Å². The molecule has 0 unspecified atom stereocenters. The van der Waals surface area contributed by atoms with Gasteiger partial charge >= 0.3 is 5.97 Å². The summed E-state index contributed by atoms with van der Waals surface area (Å²) < 4.78 is 15.5. The van der Waals surface area contributed by atoms with E-state index in [0.717, 1.165) is 15.3 Å². The number of ether oxygens (including phenoxy) is 3. The van der Waals surface area contributed by atoms with Crippen molar-refractivity contribution >= 4 is 29.0 Å². The molecular formula is C20H21NO6S. The summed E-state index contributed by atoms with van der Waals surface area (Å²) in [4.78, 5) is 37.8. The van der Waals surface area contributed by atoms with E-state index in [2.05, 4.69) is 5.32 Å². The number of benzene rings is 1. The number of carbonyl (C=O) groups excluding carboxylic acids is 3. The SMILES string of the molecule is Cc1cc(C(=O)CCC(=O)OCC(=O)NCc2ccc3c(c2)OCO3)c(C)s1. The van der Waals surface area contributed by atoms with Gasteiger partial charge in [0.1, 0.15) is 0 Å². The lowest BCUT2D eigenvalue weighted by atomic mass is 10.1. The number of carbonyl (C=O) groups is 3. The van der Waals surface area contributed by atoms with Gasteiger partial charge in [0.05, 0.1) is 6.42 Å². The molecule has 1 amide bonds. The highest BCUT2D eigenvalue weighted by Gasteiger charge is 2.16. The van der Waals surface area contributed by atoms with Gasteiger partial charge in [0.2, 0.25) is 6.79 Å². The van der Waals surface area contributed by atoms with Gasteiger partial charge in [-0.25, -0.2) is 0 Å². The summed E-state index contributed by atoms with van der Waals surface area (Å²) >= 11 is 1.55. The predicted octanol–water partition coefficient (Wildman–Crippen LogP) is 2.92. The molecule has 1 aromatic heterocycles. The monoisotopic (exact) mass is 403 g/mol. The molecule has 2 aromatic rings. The Hall–Kier alpha value is -2.87. The summed E-state index contributed by atoms with van der Waals surface area (Å²) in [6, 6.07) is 7.21. The molecule has 0 aliphatic carbocycles. The first kappa shape index (κ1) is 19.9. The van der Waals surface area contributed by atoms with Crippen LogP contribution in [0.25, 0.3) is 0 Å². The van der Waals surface area contributed by atoms with Crippen molar-refractivity contribution in [2.45, 2.75) is 33.2 Å². The first-order valence-corrected chi connectivity index (χ1v) is 9.65. The predicted molar refractivity (Wildman–Crippen MR) is 103 cm³/mol. The summed E-state index contributed by atoms with van der Waals surface area (Å²) in [6.07, 6.45) is 0.0112. The Morgan fingerprint density at radius 2 is 1.89 bits per heavy atom. The van der Waals surface area contributed by atoms with Crippen LogP contribution in [0.2, 0.25) is 0 Å². The molecule has 1 N–H and O–H groups in total. The fourth-order valence-corrected chi connectivity index (χ4v) is 3.72. The number of Topliss-reactive ketones (excluding diaryl/α,β-unsaturated/α-hetero) is 1. The van der Waals surface area contributed by atoms with E-state index in [9.17, 15) is 14.4 Å². The van der Waals surface area contributed by atoms with Gasteiger partial charge in [-0.05, 0) is 37.6 Å². The minimum absolute atomic E-state index is 0.0530. The van der Waals surface area contributed by atoms with Crippen molar-refractivity contribution in [3.63, 3.8) is 0 Å². The molecule has 0 spiro atoms. The van der Waals surface area contributed by atoms with Gasteiger partial charge in [-0.1, -0.05) is 6.07 Å². The molecule has 148 valence electrons. The zero-order chi connectivity index (χ0) is 20.1. The first-order valence-electron chi connectivity index (χ1n) is 8.83. The van der Waals surface area contributed by atoms with Crippen LogP contribution in [0.3, 0.4) is 0 Å². The van der Waals surface area contributed by atoms with Gasteiger partial charge < -0.3 is 19.5 Å². The zero-order valence-corrected chi connectivity index (χ0v) is 16.5. The van der Waals surface area contributed by atoms with Crippen LogP contribution >= 0.6 is 11.3 Å². The molecule has 1 aliphatic rings. The molecule has 0 bridgehead atoms. The second-order valence-corrected chi connectivity index (χ2v) is 7.84. The topological polar surface area (TPSA) is 90.9 Å². The van der Waals surface area contributed by atoms with Crippen molar-refractivity contribution in [3.05, 3.63) is 45.1 Å². The molecular weight excluding hydrogens is 382 g/mol. The van der Waals surface area contributed by atoms with E-state index in [1.807, 2.05) is 26.0 Å². The molecule has 0 atom stereocenters. The quantitative estimate of drug-likeness (QED) is 0.538. The standard InChI is InChI=1S/C20H21NO6S/c1-12-7-15(13(2)28-12)16(22)4-6-20(24)25-10-19(23)21-9-14-3-5-17-18(8-14)27-11-26-17/h3,5,7-8H,4,6,9-11H2,1-2H3,(H,21,23). The van der Waals surface area contributed by atoms with Gasteiger partial charge in [0.15, 0.2) is 23.9 Å². The normalized spacial score (nSPS) is 11.9. The third-order valence-electron chi connectivity index (χ3n) is 4.19. The molecule has 8 heteroatoms. The highest BCUT2D eigenvalue weighted by atomic mass is 32.1. The van der Waals surface area contributed by atoms with E-state index in [4.69, 9.17) is 14.2 Å². The van der Waals surface area contributed by atoms with E-state index >= 15 is 0 Å². The van der Waals surface area contributed by atoms with Crippen LogP contribution in [-0.4, -0.2) is 31.1 Å². The molecule has 28 heavy (non-hydrogen) atoms. The number of nitrogens with one attached hydrogen (secondary N) is 1. The van der Waals surface area contributed by atoms with Crippen LogP contribution in [0.1, 0.15) is 38.5 Å². The highest BCUT2D eigenvalue weighted by Crippen LogP contribution is 2.32. The molecule has 2 heterocycles. The van der Waals surface area contributed by atoms with E-state index in [1.54, 1.807) is 23.5 Å². The van der Waals surface area contributed by atoms with Gasteiger partial charge in [0, 0.05) is 28.3 Å². The lowest BCUT2D eigenvalue weighted by molar-refractivity contribution is -0.148. The van der Waals surface area contributed by atoms with Crippen LogP contribution in [0, 0.1) is 13.8 Å². The maximum absolute atomic E-state index is 12.2. The smallest absolute Gasteiger partial charge is 0.306 e. The second kappa shape index (κ2) is 8.88. The Labute approximate surface area is 166 Å². The molecule has 7 nitrogen and oxygen atoms in total. The minimum atomic E-state index is -0.573. The van der Waals surface area contributed by atoms with Gasteiger partial charge in [-0.3, -0.25) is 14.4 Å². The average Bonchev–Trinajstić information content (AvgIpc) is 3.27. The van der Waals surface area contributed by atoms with E-state index in [1.165, 1.54) is 0 Å². The Bertz CT molecular complexity index is 904. The molecule has 0 radical (unpaired) electrons. The van der Waals surface area contributed by atoms with Crippen LogP contribution in [0.5, 0.6) is 11.5 Å². The van der Waals surface area contributed by atoms with E-state index in [-0.39, 0.29) is 38.6 Å². The number of hydrogen-bond donors (Lipinski definition) is 1. The molecule has 3 rings (SSSR count). The summed E-state index contributed by atoms with van der Waals surface area (Å²) in [5.74, 6) is 0.231. The molecule has 1 aliphatic heterocycles. The Kier molecular flexibility index (Phi) is 6.30. The van der Waals surface area contributed by atoms with Crippen molar-refractivity contribution in [2.24, 2.45) is 0 Å².